The SMILES string of the molecule is Cc1c(OCCCCBr)ccc(CC(=O)C(C)C)c1O. The molecule has 3 nitrogen and oxygen atoms in total. The van der Waals surface area contributed by atoms with E-state index in [0.29, 0.717) is 23.5 Å². The lowest BCUT2D eigenvalue weighted by molar-refractivity contribution is -0.121. The Morgan fingerprint density at radius 1 is 1.35 bits per heavy atom. The van der Waals surface area contributed by atoms with Crippen LogP contribution in [0.2, 0.25) is 0 Å². The highest BCUT2D eigenvalue weighted by Crippen LogP contribution is 2.31. The molecule has 0 aliphatic rings. The van der Waals surface area contributed by atoms with Gasteiger partial charge >= 0.3 is 0 Å². The second-order valence-electron chi connectivity index (χ2n) is 5.24. The molecule has 1 aromatic carbocycles. The van der Waals surface area contributed by atoms with Gasteiger partial charge in [0.1, 0.15) is 17.3 Å². The molecule has 0 bridgehead atoms. The fraction of sp³-hybridized carbons (Fsp3) is 0.562. The number of halogens is 1. The van der Waals surface area contributed by atoms with E-state index in [2.05, 4.69) is 15.9 Å². The molecule has 0 fully saturated rings. The van der Waals surface area contributed by atoms with Crippen molar-refractivity contribution in [3.8, 4) is 11.5 Å². The molecule has 1 rings (SSSR count). The first-order valence-corrected chi connectivity index (χ1v) is 8.12. The normalized spacial score (nSPS) is 10.8. The standard InChI is InChI=1S/C16H23BrO3/c1-11(2)14(18)10-13-6-7-15(12(3)16(13)19)20-9-5-4-8-17/h6-7,11,19H,4-5,8-10H2,1-3H3. The Labute approximate surface area is 129 Å². The Hall–Kier alpha value is -1.03. The second kappa shape index (κ2) is 8.30. The monoisotopic (exact) mass is 342 g/mol. The predicted octanol–water partition coefficient (Wildman–Crippen LogP) is 4.02. The minimum absolute atomic E-state index is 0.0186. The molecule has 0 aromatic heterocycles. The van der Waals surface area contributed by atoms with Crippen molar-refractivity contribution in [2.75, 3.05) is 11.9 Å². The number of carbonyl (C=O) groups excluding carboxylic acids is 1. The lowest BCUT2D eigenvalue weighted by Gasteiger charge is -2.13. The van der Waals surface area contributed by atoms with E-state index in [1.165, 1.54) is 0 Å². The van der Waals surface area contributed by atoms with Gasteiger partial charge in [-0.05, 0) is 25.8 Å². The first kappa shape index (κ1) is 17.0. The van der Waals surface area contributed by atoms with Crippen LogP contribution in [0.25, 0.3) is 0 Å². The topological polar surface area (TPSA) is 46.5 Å². The van der Waals surface area contributed by atoms with Crippen molar-refractivity contribution >= 4 is 21.7 Å². The summed E-state index contributed by atoms with van der Waals surface area (Å²) in [7, 11) is 0. The molecule has 0 aliphatic carbocycles. The van der Waals surface area contributed by atoms with E-state index >= 15 is 0 Å². The van der Waals surface area contributed by atoms with Crippen molar-refractivity contribution < 1.29 is 14.6 Å². The van der Waals surface area contributed by atoms with Crippen LogP contribution in [0, 0.1) is 12.8 Å². The van der Waals surface area contributed by atoms with Crippen LogP contribution in [-0.4, -0.2) is 22.8 Å². The van der Waals surface area contributed by atoms with Crippen molar-refractivity contribution in [3.05, 3.63) is 23.3 Å². The number of phenols is 1. The van der Waals surface area contributed by atoms with E-state index in [4.69, 9.17) is 4.74 Å². The summed E-state index contributed by atoms with van der Waals surface area (Å²) in [5.74, 6) is 0.982. The number of ether oxygens (including phenoxy) is 1. The van der Waals surface area contributed by atoms with Gasteiger partial charge in [-0.1, -0.05) is 35.8 Å². The average Bonchev–Trinajstić information content (AvgIpc) is 2.42. The molecule has 20 heavy (non-hydrogen) atoms. The Balaban J connectivity index is 2.73. The highest BCUT2D eigenvalue weighted by Gasteiger charge is 2.14. The molecular weight excluding hydrogens is 320 g/mol. The summed E-state index contributed by atoms with van der Waals surface area (Å²) < 4.78 is 5.66. The molecule has 4 heteroatoms. The average molecular weight is 343 g/mol. The summed E-state index contributed by atoms with van der Waals surface area (Å²) in [4.78, 5) is 11.8. The third kappa shape index (κ3) is 4.82. The number of rotatable bonds is 8. The van der Waals surface area contributed by atoms with Gasteiger partial charge in [0, 0.05) is 28.8 Å². The van der Waals surface area contributed by atoms with E-state index in [9.17, 15) is 9.90 Å². The summed E-state index contributed by atoms with van der Waals surface area (Å²) in [5.41, 5.74) is 1.38. The molecule has 0 saturated carbocycles. The number of aromatic hydroxyl groups is 1. The smallest absolute Gasteiger partial charge is 0.139 e. The van der Waals surface area contributed by atoms with Crippen molar-refractivity contribution in [2.24, 2.45) is 5.92 Å². The van der Waals surface area contributed by atoms with Gasteiger partial charge in [-0.25, -0.2) is 0 Å². The number of ketones is 1. The van der Waals surface area contributed by atoms with E-state index in [1.54, 1.807) is 6.07 Å². The molecule has 0 unspecified atom stereocenters. The summed E-state index contributed by atoms with van der Waals surface area (Å²) >= 11 is 3.38. The maximum Gasteiger partial charge on any atom is 0.139 e. The van der Waals surface area contributed by atoms with Gasteiger partial charge in [0.05, 0.1) is 6.61 Å². The molecule has 0 heterocycles. The van der Waals surface area contributed by atoms with Gasteiger partial charge in [0.15, 0.2) is 0 Å². The Morgan fingerprint density at radius 3 is 2.65 bits per heavy atom. The van der Waals surface area contributed by atoms with Gasteiger partial charge < -0.3 is 9.84 Å². The fourth-order valence-corrected chi connectivity index (χ4v) is 2.20. The minimum Gasteiger partial charge on any atom is -0.507 e. The van der Waals surface area contributed by atoms with Crippen LogP contribution in [0.4, 0.5) is 0 Å². The largest absolute Gasteiger partial charge is 0.507 e. The number of alkyl halides is 1. The lowest BCUT2D eigenvalue weighted by atomic mass is 9.98. The number of phenolic OH excluding ortho intramolecular Hbond substituents is 1. The van der Waals surface area contributed by atoms with Crippen LogP contribution in [0.5, 0.6) is 11.5 Å². The van der Waals surface area contributed by atoms with Gasteiger partial charge in [-0.2, -0.15) is 0 Å². The summed E-state index contributed by atoms with van der Waals surface area (Å²) in [6.07, 6.45) is 2.30. The van der Waals surface area contributed by atoms with Gasteiger partial charge in [0.2, 0.25) is 0 Å². The molecule has 0 spiro atoms. The molecule has 0 atom stereocenters. The predicted molar refractivity (Wildman–Crippen MR) is 84.9 cm³/mol. The summed E-state index contributed by atoms with van der Waals surface area (Å²) in [6.45, 7) is 6.19. The van der Waals surface area contributed by atoms with Gasteiger partial charge in [-0.15, -0.1) is 0 Å². The van der Waals surface area contributed by atoms with Crippen molar-refractivity contribution in [1.29, 1.82) is 0 Å². The number of Topliss-reactive ketones (excluding diaryl/α,β-unsaturated/α-hetero) is 1. The lowest BCUT2D eigenvalue weighted by Crippen LogP contribution is -2.10. The molecule has 112 valence electrons. The Bertz CT molecular complexity index is 455. The highest BCUT2D eigenvalue weighted by molar-refractivity contribution is 9.09. The number of hydrogen-bond acceptors (Lipinski definition) is 3. The zero-order valence-corrected chi connectivity index (χ0v) is 14.0. The number of carbonyl (C=O) groups is 1. The highest BCUT2D eigenvalue weighted by atomic mass is 79.9. The number of benzene rings is 1. The van der Waals surface area contributed by atoms with Crippen molar-refractivity contribution in [1.82, 2.24) is 0 Å². The molecule has 0 aliphatic heterocycles. The van der Waals surface area contributed by atoms with Gasteiger partial charge in [0.25, 0.3) is 0 Å². The van der Waals surface area contributed by atoms with Crippen molar-refractivity contribution in [2.45, 2.75) is 40.0 Å². The third-order valence-corrected chi connectivity index (χ3v) is 3.82. The van der Waals surface area contributed by atoms with Crippen LogP contribution in [-0.2, 0) is 11.2 Å². The van der Waals surface area contributed by atoms with Crippen LogP contribution in [0.15, 0.2) is 12.1 Å². The number of hydrogen-bond donors (Lipinski definition) is 1. The van der Waals surface area contributed by atoms with E-state index < -0.39 is 0 Å². The first-order chi connectivity index (χ1) is 9.47. The third-order valence-electron chi connectivity index (χ3n) is 3.26. The quantitative estimate of drug-likeness (QED) is 0.573. The molecule has 0 radical (unpaired) electrons. The van der Waals surface area contributed by atoms with Crippen molar-refractivity contribution in [3.63, 3.8) is 0 Å². The molecule has 1 aromatic rings. The molecular formula is C16H23BrO3. The minimum atomic E-state index is -0.0186. The number of unbranched alkanes of at least 4 members (excludes halogenated alkanes) is 1. The van der Waals surface area contributed by atoms with E-state index in [0.717, 1.165) is 18.2 Å². The van der Waals surface area contributed by atoms with Crippen LogP contribution < -0.4 is 4.74 Å². The van der Waals surface area contributed by atoms with E-state index in [1.807, 2.05) is 26.8 Å². The van der Waals surface area contributed by atoms with E-state index in [-0.39, 0.29) is 23.9 Å². The molecule has 0 saturated heterocycles. The van der Waals surface area contributed by atoms with Crippen LogP contribution in [0.3, 0.4) is 0 Å². The second-order valence-corrected chi connectivity index (χ2v) is 6.03. The molecule has 1 N–H and O–H groups in total. The van der Waals surface area contributed by atoms with Crippen LogP contribution in [0.1, 0.15) is 37.8 Å². The summed E-state index contributed by atoms with van der Waals surface area (Å²) in [6, 6.07) is 3.62. The maximum absolute atomic E-state index is 11.8. The molecule has 0 amide bonds. The zero-order chi connectivity index (χ0) is 15.1. The first-order valence-electron chi connectivity index (χ1n) is 7.00. The van der Waals surface area contributed by atoms with Gasteiger partial charge in [-0.3, -0.25) is 4.79 Å². The zero-order valence-electron chi connectivity index (χ0n) is 12.4. The Kier molecular flexibility index (Phi) is 7.06. The fourth-order valence-electron chi connectivity index (χ4n) is 1.81. The van der Waals surface area contributed by atoms with Crippen LogP contribution >= 0.6 is 15.9 Å². The maximum atomic E-state index is 11.8. The summed E-state index contributed by atoms with van der Waals surface area (Å²) in [5, 5.41) is 11.1. The Morgan fingerprint density at radius 2 is 2.05 bits per heavy atom.